The van der Waals surface area contributed by atoms with E-state index in [2.05, 4.69) is 9.97 Å². The first-order valence-electron chi connectivity index (χ1n) is 5.93. The highest BCUT2D eigenvalue weighted by Gasteiger charge is 2.22. The molecule has 21 heavy (non-hydrogen) atoms. The smallest absolute Gasteiger partial charge is 0.340 e. The molecule has 0 saturated heterocycles. The Hall–Kier alpha value is -2.42. The van der Waals surface area contributed by atoms with Gasteiger partial charge < -0.3 is 10.1 Å². The van der Waals surface area contributed by atoms with Crippen molar-refractivity contribution in [2.75, 3.05) is 4.72 Å². The summed E-state index contributed by atoms with van der Waals surface area (Å²) in [5.74, 6) is -2.13. The zero-order chi connectivity index (χ0) is 15.6. The maximum Gasteiger partial charge on any atom is 0.340 e. The molecule has 3 N–H and O–H groups in total. The van der Waals surface area contributed by atoms with Gasteiger partial charge in [-0.3, -0.25) is 4.72 Å². The second-order valence-electron chi connectivity index (χ2n) is 4.12. The van der Waals surface area contributed by atoms with Crippen LogP contribution in [0.15, 0.2) is 29.4 Å². The summed E-state index contributed by atoms with van der Waals surface area (Å²) >= 11 is 0. The van der Waals surface area contributed by atoms with Crippen LogP contribution in [0.2, 0.25) is 0 Å². The van der Waals surface area contributed by atoms with E-state index in [1.54, 1.807) is 6.92 Å². The van der Waals surface area contributed by atoms with Gasteiger partial charge in [0, 0.05) is 6.42 Å². The van der Waals surface area contributed by atoms with Crippen LogP contribution in [0.1, 0.15) is 23.1 Å². The number of rotatable bonds is 5. The summed E-state index contributed by atoms with van der Waals surface area (Å²) in [6, 6.07) is 3.32. The van der Waals surface area contributed by atoms with Gasteiger partial charge in [0.25, 0.3) is 10.0 Å². The number of aryl methyl sites for hydroxylation is 1. The zero-order valence-electron chi connectivity index (χ0n) is 10.9. The quantitative estimate of drug-likeness (QED) is 0.776. The summed E-state index contributed by atoms with van der Waals surface area (Å²) in [6.07, 6.45) is 1.62. The van der Waals surface area contributed by atoms with Gasteiger partial charge in [-0.2, -0.15) is 8.42 Å². The van der Waals surface area contributed by atoms with E-state index in [9.17, 15) is 17.6 Å². The van der Waals surface area contributed by atoms with Crippen LogP contribution in [0.25, 0.3) is 0 Å². The third kappa shape index (κ3) is 3.02. The van der Waals surface area contributed by atoms with E-state index >= 15 is 0 Å². The highest BCUT2D eigenvalue weighted by atomic mass is 32.2. The molecule has 0 aliphatic heterocycles. The lowest BCUT2D eigenvalue weighted by Crippen LogP contribution is -2.17. The zero-order valence-corrected chi connectivity index (χ0v) is 11.7. The van der Waals surface area contributed by atoms with E-state index in [0.29, 0.717) is 12.2 Å². The van der Waals surface area contributed by atoms with Gasteiger partial charge in [-0.05, 0) is 12.1 Å². The number of carboxylic acid groups (broad SMARTS) is 1. The molecule has 0 atom stereocenters. The Bertz CT molecular complexity index is 786. The van der Waals surface area contributed by atoms with Gasteiger partial charge >= 0.3 is 5.97 Å². The molecular weight excluding hydrogens is 301 g/mol. The number of benzene rings is 1. The Labute approximate surface area is 119 Å². The van der Waals surface area contributed by atoms with E-state index < -0.39 is 27.4 Å². The van der Waals surface area contributed by atoms with Crippen LogP contribution >= 0.6 is 0 Å². The predicted molar refractivity (Wildman–Crippen MR) is 72.1 cm³/mol. The molecule has 0 fully saturated rings. The van der Waals surface area contributed by atoms with Crippen LogP contribution in [-0.2, 0) is 16.4 Å². The number of anilines is 1. The van der Waals surface area contributed by atoms with Crippen LogP contribution in [0.5, 0.6) is 0 Å². The standard InChI is InChI=1S/C12H12FN3O4S/c1-2-9-14-6-10(15-9)21(19,20)16-8-5-3-4-7(13)11(8)12(17)18/h3-6,16H,2H2,1H3,(H,14,15)(H,17,18). The molecule has 0 aliphatic rings. The maximum absolute atomic E-state index is 13.5. The van der Waals surface area contributed by atoms with Gasteiger partial charge in [-0.15, -0.1) is 0 Å². The minimum atomic E-state index is -4.07. The second kappa shape index (κ2) is 5.52. The molecule has 112 valence electrons. The average molecular weight is 313 g/mol. The fourth-order valence-corrected chi connectivity index (χ4v) is 2.70. The number of carbonyl (C=O) groups is 1. The Kier molecular flexibility index (Phi) is 3.94. The predicted octanol–water partition coefficient (Wildman–Crippen LogP) is 1.61. The number of aromatic amines is 1. The number of nitrogens with one attached hydrogen (secondary N) is 2. The SMILES string of the molecule is CCc1ncc(S(=O)(=O)Nc2cccc(F)c2C(=O)O)[nH]1. The number of hydrogen-bond donors (Lipinski definition) is 3. The number of hydrogen-bond acceptors (Lipinski definition) is 4. The summed E-state index contributed by atoms with van der Waals surface area (Å²) in [4.78, 5) is 17.5. The molecule has 0 unspecified atom stereocenters. The number of aromatic nitrogens is 2. The maximum atomic E-state index is 13.5. The van der Waals surface area contributed by atoms with Gasteiger partial charge in [0.1, 0.15) is 17.2 Å². The first-order valence-corrected chi connectivity index (χ1v) is 7.42. The Morgan fingerprint density at radius 1 is 1.48 bits per heavy atom. The molecule has 0 amide bonds. The number of halogens is 1. The van der Waals surface area contributed by atoms with Crippen molar-refractivity contribution in [2.24, 2.45) is 0 Å². The van der Waals surface area contributed by atoms with Crippen LogP contribution in [0, 0.1) is 5.82 Å². The van der Waals surface area contributed by atoms with E-state index in [1.807, 2.05) is 4.72 Å². The molecule has 2 rings (SSSR count). The van der Waals surface area contributed by atoms with Crippen molar-refractivity contribution in [3.8, 4) is 0 Å². The van der Waals surface area contributed by atoms with Crippen molar-refractivity contribution in [3.63, 3.8) is 0 Å². The van der Waals surface area contributed by atoms with Crippen LogP contribution in [0.3, 0.4) is 0 Å². The molecular formula is C12H12FN3O4S. The second-order valence-corrected chi connectivity index (χ2v) is 5.77. The van der Waals surface area contributed by atoms with Crippen molar-refractivity contribution in [1.82, 2.24) is 9.97 Å². The molecule has 0 aliphatic carbocycles. The van der Waals surface area contributed by atoms with E-state index in [0.717, 1.165) is 12.3 Å². The lowest BCUT2D eigenvalue weighted by molar-refractivity contribution is 0.0693. The monoisotopic (exact) mass is 313 g/mol. The number of H-pyrrole nitrogens is 1. The lowest BCUT2D eigenvalue weighted by Gasteiger charge is -2.09. The van der Waals surface area contributed by atoms with E-state index in [4.69, 9.17) is 5.11 Å². The molecule has 0 radical (unpaired) electrons. The minimum Gasteiger partial charge on any atom is -0.478 e. The molecule has 0 saturated carbocycles. The highest BCUT2D eigenvalue weighted by molar-refractivity contribution is 7.92. The van der Waals surface area contributed by atoms with Crippen molar-refractivity contribution >= 4 is 21.7 Å². The topological polar surface area (TPSA) is 112 Å². The number of carboxylic acids is 1. The number of imidazole rings is 1. The van der Waals surface area contributed by atoms with Crippen molar-refractivity contribution in [1.29, 1.82) is 0 Å². The van der Waals surface area contributed by atoms with Crippen molar-refractivity contribution in [3.05, 3.63) is 41.6 Å². The summed E-state index contributed by atoms with van der Waals surface area (Å²) in [6.45, 7) is 1.79. The third-order valence-corrected chi connectivity index (χ3v) is 3.98. The van der Waals surface area contributed by atoms with E-state index in [-0.39, 0.29) is 10.7 Å². The molecule has 0 spiro atoms. The fourth-order valence-electron chi connectivity index (χ4n) is 1.69. The van der Waals surface area contributed by atoms with Crippen LogP contribution in [0.4, 0.5) is 10.1 Å². The molecule has 7 nitrogen and oxygen atoms in total. The molecule has 1 heterocycles. The third-order valence-electron chi connectivity index (χ3n) is 2.70. The Morgan fingerprint density at radius 2 is 2.19 bits per heavy atom. The average Bonchev–Trinajstić information content (AvgIpc) is 2.87. The molecule has 1 aromatic carbocycles. The fraction of sp³-hybridized carbons (Fsp3) is 0.167. The largest absolute Gasteiger partial charge is 0.478 e. The Morgan fingerprint density at radius 3 is 2.76 bits per heavy atom. The van der Waals surface area contributed by atoms with Crippen molar-refractivity contribution in [2.45, 2.75) is 18.4 Å². The molecule has 1 aromatic heterocycles. The Balaban J connectivity index is 2.42. The molecule has 9 heteroatoms. The van der Waals surface area contributed by atoms with Gasteiger partial charge in [-0.1, -0.05) is 13.0 Å². The summed E-state index contributed by atoms with van der Waals surface area (Å²) < 4.78 is 39.8. The first-order chi connectivity index (χ1) is 9.85. The number of aromatic carboxylic acids is 1. The summed E-state index contributed by atoms with van der Waals surface area (Å²) in [5, 5.41) is 8.74. The van der Waals surface area contributed by atoms with Gasteiger partial charge in [0.05, 0.1) is 11.9 Å². The number of nitrogens with zero attached hydrogens (tertiary/aromatic N) is 1. The lowest BCUT2D eigenvalue weighted by atomic mass is 10.2. The van der Waals surface area contributed by atoms with Crippen LogP contribution < -0.4 is 4.72 Å². The normalized spacial score (nSPS) is 11.3. The summed E-state index contributed by atoms with van der Waals surface area (Å²) in [7, 11) is -4.07. The summed E-state index contributed by atoms with van der Waals surface area (Å²) in [5.41, 5.74) is -1.09. The minimum absolute atomic E-state index is 0.222. The number of sulfonamides is 1. The first kappa shape index (κ1) is 15.0. The van der Waals surface area contributed by atoms with Gasteiger partial charge in [0.15, 0.2) is 5.03 Å². The molecule has 0 bridgehead atoms. The van der Waals surface area contributed by atoms with E-state index in [1.165, 1.54) is 12.1 Å². The van der Waals surface area contributed by atoms with Gasteiger partial charge in [0.2, 0.25) is 0 Å². The highest BCUT2D eigenvalue weighted by Crippen LogP contribution is 2.22. The van der Waals surface area contributed by atoms with Crippen molar-refractivity contribution < 1.29 is 22.7 Å². The molecule has 2 aromatic rings. The van der Waals surface area contributed by atoms with Crippen LogP contribution in [-0.4, -0.2) is 29.5 Å². The van der Waals surface area contributed by atoms with Gasteiger partial charge in [-0.25, -0.2) is 14.2 Å².